The lowest BCUT2D eigenvalue weighted by Crippen LogP contribution is -2.14. The number of halogens is 1. The Morgan fingerprint density at radius 1 is 1.44 bits per heavy atom. The Morgan fingerprint density at radius 3 is 2.78 bits per heavy atom. The van der Waals surface area contributed by atoms with Crippen molar-refractivity contribution >= 4 is 17.4 Å². The third-order valence-electron chi connectivity index (χ3n) is 3.29. The van der Waals surface area contributed by atoms with E-state index in [0.29, 0.717) is 17.6 Å². The summed E-state index contributed by atoms with van der Waals surface area (Å²) in [5, 5.41) is 13.3. The standard InChI is InChI=1S/C13H20ClN3O/c1-3-10(18)6-7-15-12-8(2)11(14)16-13(17-12)9-4-5-9/h9-10,18H,3-7H2,1-2H3,(H,15,16,17). The second kappa shape index (κ2) is 5.85. The first-order chi connectivity index (χ1) is 8.61. The molecule has 0 bridgehead atoms. The molecular formula is C13H20ClN3O. The number of aromatic nitrogens is 2. The number of aliphatic hydroxyl groups is 1. The predicted molar refractivity (Wildman–Crippen MR) is 73.2 cm³/mol. The molecule has 0 amide bonds. The van der Waals surface area contributed by atoms with E-state index in [2.05, 4.69) is 15.3 Å². The highest BCUT2D eigenvalue weighted by Crippen LogP contribution is 2.39. The van der Waals surface area contributed by atoms with Crippen molar-refractivity contribution in [1.29, 1.82) is 0 Å². The summed E-state index contributed by atoms with van der Waals surface area (Å²) in [7, 11) is 0. The van der Waals surface area contributed by atoms with Crippen LogP contribution in [0.3, 0.4) is 0 Å². The van der Waals surface area contributed by atoms with E-state index in [0.717, 1.165) is 42.9 Å². The molecule has 4 nitrogen and oxygen atoms in total. The first-order valence-corrected chi connectivity index (χ1v) is 6.95. The summed E-state index contributed by atoms with van der Waals surface area (Å²) in [6.45, 7) is 4.59. The van der Waals surface area contributed by atoms with Crippen LogP contribution in [0.5, 0.6) is 0 Å². The average Bonchev–Trinajstić information content (AvgIpc) is 3.18. The van der Waals surface area contributed by atoms with Gasteiger partial charge < -0.3 is 10.4 Å². The molecule has 1 atom stereocenters. The number of hydrogen-bond acceptors (Lipinski definition) is 4. The fraction of sp³-hybridized carbons (Fsp3) is 0.692. The maximum Gasteiger partial charge on any atom is 0.137 e. The highest BCUT2D eigenvalue weighted by molar-refractivity contribution is 6.30. The smallest absolute Gasteiger partial charge is 0.137 e. The molecule has 0 aromatic carbocycles. The zero-order valence-electron chi connectivity index (χ0n) is 10.9. The molecule has 100 valence electrons. The Hall–Kier alpha value is -0.870. The molecular weight excluding hydrogens is 250 g/mol. The van der Waals surface area contributed by atoms with Crippen molar-refractivity contribution in [2.45, 2.75) is 51.6 Å². The Morgan fingerprint density at radius 2 is 2.17 bits per heavy atom. The first-order valence-electron chi connectivity index (χ1n) is 6.57. The largest absolute Gasteiger partial charge is 0.393 e. The molecule has 0 aliphatic heterocycles. The number of rotatable bonds is 6. The molecule has 1 unspecified atom stereocenters. The Bertz CT molecular complexity index is 421. The fourth-order valence-electron chi connectivity index (χ4n) is 1.76. The summed E-state index contributed by atoms with van der Waals surface area (Å²) in [5.41, 5.74) is 0.882. The highest BCUT2D eigenvalue weighted by atomic mass is 35.5. The third kappa shape index (κ3) is 3.33. The van der Waals surface area contributed by atoms with E-state index in [1.165, 1.54) is 0 Å². The van der Waals surface area contributed by atoms with Gasteiger partial charge >= 0.3 is 0 Å². The van der Waals surface area contributed by atoms with Crippen molar-refractivity contribution in [3.63, 3.8) is 0 Å². The van der Waals surface area contributed by atoms with Gasteiger partial charge in [0.05, 0.1) is 6.10 Å². The Balaban J connectivity index is 2.02. The average molecular weight is 270 g/mol. The molecule has 1 heterocycles. The van der Waals surface area contributed by atoms with Gasteiger partial charge in [0.1, 0.15) is 16.8 Å². The number of hydrogen-bond donors (Lipinski definition) is 2. The first kappa shape index (κ1) is 13.6. The molecule has 1 aliphatic carbocycles. The van der Waals surface area contributed by atoms with Crippen LogP contribution in [-0.4, -0.2) is 27.7 Å². The molecule has 1 saturated carbocycles. The van der Waals surface area contributed by atoms with Crippen molar-refractivity contribution in [3.05, 3.63) is 16.5 Å². The minimum atomic E-state index is -0.252. The minimum Gasteiger partial charge on any atom is -0.393 e. The van der Waals surface area contributed by atoms with Gasteiger partial charge in [0, 0.05) is 18.0 Å². The summed E-state index contributed by atoms with van der Waals surface area (Å²) in [4.78, 5) is 8.85. The number of aliphatic hydroxyl groups excluding tert-OH is 1. The van der Waals surface area contributed by atoms with Gasteiger partial charge in [-0.2, -0.15) is 0 Å². The molecule has 5 heteroatoms. The van der Waals surface area contributed by atoms with Gasteiger partial charge in [0.15, 0.2) is 0 Å². The molecule has 2 N–H and O–H groups in total. The van der Waals surface area contributed by atoms with E-state index < -0.39 is 0 Å². The maximum atomic E-state index is 9.51. The van der Waals surface area contributed by atoms with Crippen LogP contribution < -0.4 is 5.32 Å². The summed E-state index contributed by atoms with van der Waals surface area (Å²) >= 11 is 6.12. The van der Waals surface area contributed by atoms with Crippen molar-refractivity contribution in [2.75, 3.05) is 11.9 Å². The molecule has 1 fully saturated rings. The second-order valence-electron chi connectivity index (χ2n) is 4.90. The van der Waals surface area contributed by atoms with Gasteiger partial charge in [-0.1, -0.05) is 18.5 Å². The van der Waals surface area contributed by atoms with E-state index in [1.807, 2.05) is 13.8 Å². The van der Waals surface area contributed by atoms with Crippen LogP contribution in [0, 0.1) is 6.92 Å². The van der Waals surface area contributed by atoms with Crippen molar-refractivity contribution in [2.24, 2.45) is 0 Å². The summed E-state index contributed by atoms with van der Waals surface area (Å²) < 4.78 is 0. The van der Waals surface area contributed by atoms with E-state index in [1.54, 1.807) is 0 Å². The van der Waals surface area contributed by atoms with E-state index >= 15 is 0 Å². The van der Waals surface area contributed by atoms with Gasteiger partial charge in [-0.3, -0.25) is 0 Å². The number of nitrogens with zero attached hydrogens (tertiary/aromatic N) is 2. The zero-order valence-corrected chi connectivity index (χ0v) is 11.7. The van der Waals surface area contributed by atoms with Crippen molar-refractivity contribution in [1.82, 2.24) is 9.97 Å². The number of nitrogens with one attached hydrogen (secondary N) is 1. The molecule has 1 aliphatic rings. The summed E-state index contributed by atoms with van der Waals surface area (Å²) in [5.74, 6) is 2.15. The molecule has 0 saturated heterocycles. The molecule has 2 rings (SSSR count). The summed E-state index contributed by atoms with van der Waals surface area (Å²) in [6, 6.07) is 0. The Kier molecular flexibility index (Phi) is 4.40. The quantitative estimate of drug-likeness (QED) is 0.780. The van der Waals surface area contributed by atoms with Crippen LogP contribution in [0.1, 0.15) is 49.9 Å². The van der Waals surface area contributed by atoms with Crippen LogP contribution in [0.4, 0.5) is 5.82 Å². The molecule has 0 radical (unpaired) electrons. The second-order valence-corrected chi connectivity index (χ2v) is 5.26. The van der Waals surface area contributed by atoms with Crippen LogP contribution in [0.25, 0.3) is 0 Å². The lowest BCUT2D eigenvalue weighted by atomic mass is 10.2. The predicted octanol–water partition coefficient (Wildman–Crippen LogP) is 2.89. The lowest BCUT2D eigenvalue weighted by Gasteiger charge is -2.12. The van der Waals surface area contributed by atoms with Crippen LogP contribution in [0.2, 0.25) is 5.15 Å². The van der Waals surface area contributed by atoms with E-state index in [9.17, 15) is 5.11 Å². The molecule has 1 aromatic heterocycles. The fourth-order valence-corrected chi connectivity index (χ4v) is 1.94. The van der Waals surface area contributed by atoms with Crippen LogP contribution >= 0.6 is 11.6 Å². The minimum absolute atomic E-state index is 0.252. The van der Waals surface area contributed by atoms with E-state index in [-0.39, 0.29) is 6.10 Å². The van der Waals surface area contributed by atoms with Crippen LogP contribution in [-0.2, 0) is 0 Å². The number of anilines is 1. The maximum absolute atomic E-state index is 9.51. The van der Waals surface area contributed by atoms with Gasteiger partial charge in [0.2, 0.25) is 0 Å². The Labute approximate surface area is 113 Å². The van der Waals surface area contributed by atoms with Gasteiger partial charge in [-0.25, -0.2) is 9.97 Å². The van der Waals surface area contributed by atoms with Gasteiger partial charge in [-0.05, 0) is 32.6 Å². The van der Waals surface area contributed by atoms with Crippen LogP contribution in [0.15, 0.2) is 0 Å². The highest BCUT2D eigenvalue weighted by Gasteiger charge is 2.27. The van der Waals surface area contributed by atoms with Crippen molar-refractivity contribution in [3.8, 4) is 0 Å². The van der Waals surface area contributed by atoms with Gasteiger partial charge in [0.25, 0.3) is 0 Å². The monoisotopic (exact) mass is 269 g/mol. The lowest BCUT2D eigenvalue weighted by molar-refractivity contribution is 0.164. The molecule has 0 spiro atoms. The SMILES string of the molecule is CCC(O)CCNc1nc(C2CC2)nc(Cl)c1C. The zero-order chi connectivity index (χ0) is 13.1. The normalized spacial score (nSPS) is 16.7. The topological polar surface area (TPSA) is 58.0 Å². The third-order valence-corrected chi connectivity index (χ3v) is 3.66. The molecule has 1 aromatic rings. The van der Waals surface area contributed by atoms with Crippen molar-refractivity contribution < 1.29 is 5.11 Å². The van der Waals surface area contributed by atoms with Gasteiger partial charge in [-0.15, -0.1) is 0 Å². The summed E-state index contributed by atoms with van der Waals surface area (Å²) in [6.07, 6.45) is 3.56. The molecule has 18 heavy (non-hydrogen) atoms. The van der Waals surface area contributed by atoms with E-state index in [4.69, 9.17) is 11.6 Å².